The number of fused-ring (bicyclic) bond motifs is 1. The lowest BCUT2D eigenvalue weighted by molar-refractivity contribution is -0.116. The van der Waals surface area contributed by atoms with Crippen molar-refractivity contribution in [2.45, 2.75) is 26.9 Å². The summed E-state index contributed by atoms with van der Waals surface area (Å²) in [5, 5.41) is 7.10. The number of carbonyl (C=O) groups excluding carboxylic acids is 1. The van der Waals surface area contributed by atoms with Gasteiger partial charge in [-0.25, -0.2) is 0 Å². The van der Waals surface area contributed by atoms with Crippen LogP contribution in [0.2, 0.25) is 0 Å². The van der Waals surface area contributed by atoms with E-state index in [1.54, 1.807) is 13.2 Å². The monoisotopic (exact) mass is 441 g/mol. The van der Waals surface area contributed by atoms with E-state index < -0.39 is 0 Å². The Bertz CT molecular complexity index is 1360. The number of para-hydroxylation sites is 1. The number of pyridine rings is 1. The van der Waals surface area contributed by atoms with E-state index in [-0.39, 0.29) is 18.0 Å². The number of aromatic nitrogens is 1. The molecule has 6 nitrogen and oxygen atoms in total. The number of ether oxygens (including phenoxy) is 1. The lowest BCUT2D eigenvalue weighted by Crippen LogP contribution is -2.30. The molecule has 0 atom stereocenters. The number of nitrogens with one attached hydrogen (secondary N) is 2. The fraction of sp³-hybridized carbons (Fsp3) is 0.185. The average molecular weight is 442 g/mol. The Kier molecular flexibility index (Phi) is 6.45. The fourth-order valence-corrected chi connectivity index (χ4v) is 3.78. The molecule has 33 heavy (non-hydrogen) atoms. The van der Waals surface area contributed by atoms with Gasteiger partial charge in [0.25, 0.3) is 5.56 Å². The van der Waals surface area contributed by atoms with Crippen molar-refractivity contribution in [2.24, 2.45) is 0 Å². The first-order valence-electron chi connectivity index (χ1n) is 10.8. The molecule has 0 spiro atoms. The zero-order chi connectivity index (χ0) is 23.4. The van der Waals surface area contributed by atoms with Crippen molar-refractivity contribution in [3.8, 4) is 5.75 Å². The highest BCUT2D eigenvalue weighted by Gasteiger charge is 2.14. The molecule has 1 heterocycles. The van der Waals surface area contributed by atoms with Crippen LogP contribution in [-0.4, -0.2) is 17.6 Å². The van der Waals surface area contributed by atoms with E-state index in [0.29, 0.717) is 23.4 Å². The molecule has 0 radical (unpaired) electrons. The Morgan fingerprint density at radius 2 is 1.76 bits per heavy atom. The summed E-state index contributed by atoms with van der Waals surface area (Å²) in [7, 11) is 1.58. The molecule has 0 saturated heterocycles. The smallest absolute Gasteiger partial charge is 0.256 e. The molecule has 4 rings (SSSR count). The van der Waals surface area contributed by atoms with Crippen molar-refractivity contribution in [1.29, 1.82) is 0 Å². The summed E-state index contributed by atoms with van der Waals surface area (Å²) in [5.41, 5.74) is 4.71. The standard InChI is InChI=1S/C27H27N3O3/c1-18-9-10-19(2)24(13-18)29-26(31)17-30-25-15-23(33-3)12-11-20(25)14-21(27(30)32)16-28-22-7-5-4-6-8-22/h4-15,28H,16-17H2,1-3H3,(H,29,31). The van der Waals surface area contributed by atoms with Gasteiger partial charge in [-0.3, -0.25) is 14.2 Å². The predicted octanol–water partition coefficient (Wildman–Crippen LogP) is 4.88. The van der Waals surface area contributed by atoms with E-state index in [9.17, 15) is 9.59 Å². The Morgan fingerprint density at radius 1 is 0.970 bits per heavy atom. The highest BCUT2D eigenvalue weighted by molar-refractivity contribution is 5.92. The van der Waals surface area contributed by atoms with Crippen LogP contribution in [0.15, 0.2) is 77.6 Å². The van der Waals surface area contributed by atoms with Gasteiger partial charge < -0.3 is 15.4 Å². The summed E-state index contributed by atoms with van der Waals surface area (Å²) in [6.45, 7) is 4.17. The minimum atomic E-state index is -0.261. The summed E-state index contributed by atoms with van der Waals surface area (Å²) in [6.07, 6.45) is 0. The number of hydrogen-bond acceptors (Lipinski definition) is 4. The van der Waals surface area contributed by atoms with E-state index in [0.717, 1.165) is 27.9 Å². The summed E-state index contributed by atoms with van der Waals surface area (Å²) in [4.78, 5) is 26.4. The SMILES string of the molecule is COc1ccc2cc(CNc3ccccc3)c(=O)n(CC(=O)Nc3cc(C)ccc3C)c2c1. The van der Waals surface area contributed by atoms with Gasteiger partial charge in [0.2, 0.25) is 5.91 Å². The minimum absolute atomic E-state index is 0.102. The largest absolute Gasteiger partial charge is 0.497 e. The second-order valence-corrected chi connectivity index (χ2v) is 8.07. The van der Waals surface area contributed by atoms with E-state index in [4.69, 9.17) is 4.74 Å². The number of rotatable bonds is 7. The molecule has 0 bridgehead atoms. The third-order valence-corrected chi connectivity index (χ3v) is 5.60. The Hall–Kier alpha value is -4.06. The third-order valence-electron chi connectivity index (χ3n) is 5.60. The van der Waals surface area contributed by atoms with Crippen molar-refractivity contribution < 1.29 is 9.53 Å². The van der Waals surface area contributed by atoms with E-state index in [2.05, 4.69) is 10.6 Å². The van der Waals surface area contributed by atoms with Gasteiger partial charge in [-0.2, -0.15) is 0 Å². The highest BCUT2D eigenvalue weighted by Crippen LogP contribution is 2.22. The predicted molar refractivity (Wildman–Crippen MR) is 133 cm³/mol. The van der Waals surface area contributed by atoms with Crippen LogP contribution in [0.25, 0.3) is 10.9 Å². The molecule has 0 unspecified atom stereocenters. The van der Waals surface area contributed by atoms with E-state index in [1.165, 1.54) is 4.57 Å². The molecule has 0 saturated carbocycles. The molecule has 1 aromatic heterocycles. The van der Waals surface area contributed by atoms with Crippen LogP contribution in [0, 0.1) is 13.8 Å². The maximum atomic E-state index is 13.4. The van der Waals surface area contributed by atoms with Crippen LogP contribution in [0.4, 0.5) is 11.4 Å². The summed E-state index contributed by atoms with van der Waals surface area (Å²) < 4.78 is 6.87. The first-order chi connectivity index (χ1) is 15.9. The number of hydrogen-bond donors (Lipinski definition) is 2. The number of benzene rings is 3. The zero-order valence-corrected chi connectivity index (χ0v) is 19.0. The van der Waals surface area contributed by atoms with Gasteiger partial charge in [-0.1, -0.05) is 30.3 Å². The fourth-order valence-electron chi connectivity index (χ4n) is 3.78. The van der Waals surface area contributed by atoms with Crippen molar-refractivity contribution in [2.75, 3.05) is 17.7 Å². The van der Waals surface area contributed by atoms with Gasteiger partial charge in [-0.05, 0) is 66.8 Å². The minimum Gasteiger partial charge on any atom is -0.497 e. The quantitative estimate of drug-likeness (QED) is 0.429. The van der Waals surface area contributed by atoms with Crippen LogP contribution in [0.5, 0.6) is 5.75 Å². The number of methoxy groups -OCH3 is 1. The Labute approximate surface area is 192 Å². The van der Waals surface area contributed by atoms with Gasteiger partial charge in [-0.15, -0.1) is 0 Å². The van der Waals surface area contributed by atoms with Gasteiger partial charge in [0.05, 0.1) is 12.6 Å². The molecule has 0 aliphatic rings. The molecular formula is C27H27N3O3. The number of anilines is 2. The second-order valence-electron chi connectivity index (χ2n) is 8.07. The molecule has 4 aromatic rings. The molecule has 6 heteroatoms. The van der Waals surface area contributed by atoms with Crippen LogP contribution in [0.3, 0.4) is 0 Å². The maximum Gasteiger partial charge on any atom is 0.256 e. The summed E-state index contributed by atoms with van der Waals surface area (Å²) in [5.74, 6) is 0.365. The van der Waals surface area contributed by atoms with E-state index >= 15 is 0 Å². The highest BCUT2D eigenvalue weighted by atomic mass is 16.5. The maximum absolute atomic E-state index is 13.4. The average Bonchev–Trinajstić information content (AvgIpc) is 2.82. The van der Waals surface area contributed by atoms with Crippen LogP contribution in [0.1, 0.15) is 16.7 Å². The molecule has 1 amide bonds. The van der Waals surface area contributed by atoms with Crippen molar-refractivity contribution in [3.05, 3.63) is 99.8 Å². The first-order valence-corrected chi connectivity index (χ1v) is 10.8. The van der Waals surface area contributed by atoms with Crippen molar-refractivity contribution in [1.82, 2.24) is 4.57 Å². The van der Waals surface area contributed by atoms with Crippen molar-refractivity contribution in [3.63, 3.8) is 0 Å². The van der Waals surface area contributed by atoms with Gasteiger partial charge in [0, 0.05) is 29.5 Å². The number of carbonyl (C=O) groups is 1. The van der Waals surface area contributed by atoms with Crippen LogP contribution < -0.4 is 20.9 Å². The molecule has 0 aliphatic heterocycles. The van der Waals surface area contributed by atoms with Gasteiger partial charge >= 0.3 is 0 Å². The molecule has 0 fully saturated rings. The zero-order valence-electron chi connectivity index (χ0n) is 19.0. The van der Waals surface area contributed by atoms with Crippen molar-refractivity contribution >= 4 is 28.2 Å². The van der Waals surface area contributed by atoms with Gasteiger partial charge in [0.1, 0.15) is 12.3 Å². The topological polar surface area (TPSA) is 72.4 Å². The molecule has 2 N–H and O–H groups in total. The number of nitrogens with zero attached hydrogens (tertiary/aromatic N) is 1. The second kappa shape index (κ2) is 9.61. The normalized spacial score (nSPS) is 10.8. The summed E-state index contributed by atoms with van der Waals surface area (Å²) >= 11 is 0. The summed E-state index contributed by atoms with van der Waals surface area (Å²) in [6, 6.07) is 23.0. The van der Waals surface area contributed by atoms with Crippen LogP contribution >= 0.6 is 0 Å². The Balaban J connectivity index is 1.69. The molecule has 168 valence electrons. The lowest BCUT2D eigenvalue weighted by Gasteiger charge is -2.15. The third kappa shape index (κ3) is 5.06. The molecular weight excluding hydrogens is 414 g/mol. The number of amides is 1. The first kappa shape index (κ1) is 22.1. The van der Waals surface area contributed by atoms with Gasteiger partial charge in [0.15, 0.2) is 0 Å². The number of aryl methyl sites for hydroxylation is 2. The Morgan fingerprint density at radius 3 is 2.52 bits per heavy atom. The van der Waals surface area contributed by atoms with E-state index in [1.807, 2.05) is 80.6 Å². The lowest BCUT2D eigenvalue weighted by atomic mass is 10.1. The molecule has 3 aromatic carbocycles. The molecule has 0 aliphatic carbocycles. The van der Waals surface area contributed by atoms with Crippen LogP contribution in [-0.2, 0) is 17.9 Å².